The molecule has 0 fully saturated rings. The van der Waals surface area contributed by atoms with E-state index in [0.717, 1.165) is 16.7 Å². The Morgan fingerprint density at radius 3 is 2.25 bits per heavy atom. The number of hydrogen-bond donors (Lipinski definition) is 1. The molecule has 0 aliphatic heterocycles. The highest BCUT2D eigenvalue weighted by Gasteiger charge is 2.20. The standard InChI is InChI=1S/C15H16ClNO2S/c1-10-4-3-5-11(2)13(10)9-20(18,19)15-7-6-12(16)8-14(15)17/h3-8H,9,17H2,1-2H3. The Hall–Kier alpha value is -1.52. The number of nitrogens with two attached hydrogens (primary N) is 1. The summed E-state index contributed by atoms with van der Waals surface area (Å²) in [5, 5.41) is 0.425. The normalized spacial score (nSPS) is 11.6. The molecule has 0 aliphatic rings. The van der Waals surface area contributed by atoms with Gasteiger partial charge in [0, 0.05) is 5.02 Å². The smallest absolute Gasteiger partial charge is 0.184 e. The van der Waals surface area contributed by atoms with Crippen molar-refractivity contribution in [1.29, 1.82) is 0 Å². The summed E-state index contributed by atoms with van der Waals surface area (Å²) >= 11 is 5.80. The van der Waals surface area contributed by atoms with Crippen molar-refractivity contribution in [2.24, 2.45) is 0 Å². The maximum absolute atomic E-state index is 12.5. The van der Waals surface area contributed by atoms with Crippen LogP contribution in [-0.4, -0.2) is 8.42 Å². The van der Waals surface area contributed by atoms with Gasteiger partial charge in [0.25, 0.3) is 0 Å². The molecule has 0 radical (unpaired) electrons. The summed E-state index contributed by atoms with van der Waals surface area (Å²) in [5.74, 6) is -0.0582. The summed E-state index contributed by atoms with van der Waals surface area (Å²) in [6, 6.07) is 10.2. The zero-order chi connectivity index (χ0) is 14.9. The second-order valence-corrected chi connectivity index (χ2v) is 7.21. The number of anilines is 1. The molecule has 0 heterocycles. The van der Waals surface area contributed by atoms with Crippen LogP contribution in [0.5, 0.6) is 0 Å². The third-order valence-corrected chi connectivity index (χ3v) is 5.23. The number of aryl methyl sites for hydroxylation is 2. The number of nitrogen functional groups attached to an aromatic ring is 1. The van der Waals surface area contributed by atoms with E-state index in [1.807, 2.05) is 32.0 Å². The van der Waals surface area contributed by atoms with Crippen molar-refractivity contribution in [3.63, 3.8) is 0 Å². The maximum Gasteiger partial charge on any atom is 0.184 e. The number of halogens is 1. The molecule has 20 heavy (non-hydrogen) atoms. The molecular formula is C15H16ClNO2S. The molecule has 0 unspecified atom stereocenters. The van der Waals surface area contributed by atoms with E-state index in [0.29, 0.717) is 5.02 Å². The highest BCUT2D eigenvalue weighted by molar-refractivity contribution is 7.90. The fourth-order valence-corrected chi connectivity index (χ4v) is 4.01. The molecule has 2 rings (SSSR count). The van der Waals surface area contributed by atoms with Crippen LogP contribution in [0.1, 0.15) is 16.7 Å². The molecule has 0 amide bonds. The van der Waals surface area contributed by atoms with Gasteiger partial charge in [-0.25, -0.2) is 8.42 Å². The average molecular weight is 310 g/mol. The summed E-state index contributed by atoms with van der Waals surface area (Å²) in [6.45, 7) is 3.81. The Bertz CT molecular complexity index is 734. The third kappa shape index (κ3) is 2.97. The van der Waals surface area contributed by atoms with Gasteiger partial charge in [0.05, 0.1) is 16.3 Å². The largest absolute Gasteiger partial charge is 0.398 e. The number of rotatable bonds is 3. The lowest BCUT2D eigenvalue weighted by Gasteiger charge is -2.12. The van der Waals surface area contributed by atoms with Crippen molar-refractivity contribution < 1.29 is 8.42 Å². The Morgan fingerprint density at radius 2 is 1.70 bits per heavy atom. The van der Waals surface area contributed by atoms with E-state index in [9.17, 15) is 8.42 Å². The predicted molar refractivity (Wildman–Crippen MR) is 82.7 cm³/mol. The van der Waals surface area contributed by atoms with E-state index in [-0.39, 0.29) is 16.3 Å². The van der Waals surface area contributed by atoms with Gasteiger partial charge in [0.1, 0.15) is 0 Å². The molecule has 3 nitrogen and oxygen atoms in total. The molecule has 2 N–H and O–H groups in total. The second-order valence-electron chi connectivity index (χ2n) is 4.81. The lowest BCUT2D eigenvalue weighted by molar-refractivity contribution is 0.595. The minimum absolute atomic E-state index is 0.0582. The molecule has 5 heteroatoms. The van der Waals surface area contributed by atoms with E-state index >= 15 is 0 Å². The van der Waals surface area contributed by atoms with Crippen molar-refractivity contribution in [3.05, 3.63) is 58.1 Å². The van der Waals surface area contributed by atoms with Gasteiger partial charge in [0.2, 0.25) is 0 Å². The molecule has 2 aromatic carbocycles. The van der Waals surface area contributed by atoms with Gasteiger partial charge in [-0.3, -0.25) is 0 Å². The molecule has 0 saturated heterocycles. The van der Waals surface area contributed by atoms with E-state index in [2.05, 4.69) is 0 Å². The third-order valence-electron chi connectivity index (χ3n) is 3.29. The van der Waals surface area contributed by atoms with Crippen molar-refractivity contribution >= 4 is 27.1 Å². The summed E-state index contributed by atoms with van der Waals surface area (Å²) in [4.78, 5) is 0.129. The first-order valence-electron chi connectivity index (χ1n) is 6.14. The van der Waals surface area contributed by atoms with E-state index in [1.54, 1.807) is 0 Å². The van der Waals surface area contributed by atoms with Gasteiger partial charge in [-0.1, -0.05) is 29.8 Å². The first kappa shape index (κ1) is 14.9. The Labute approximate surface area is 124 Å². The number of hydrogen-bond acceptors (Lipinski definition) is 3. The summed E-state index contributed by atoms with van der Waals surface area (Å²) in [7, 11) is -3.49. The van der Waals surface area contributed by atoms with E-state index in [4.69, 9.17) is 17.3 Å². The first-order chi connectivity index (χ1) is 9.31. The van der Waals surface area contributed by atoms with Crippen LogP contribution in [0.3, 0.4) is 0 Å². The minimum Gasteiger partial charge on any atom is -0.398 e. The Kier molecular flexibility index (Phi) is 4.06. The fourth-order valence-electron chi connectivity index (χ4n) is 2.15. The zero-order valence-electron chi connectivity index (χ0n) is 11.4. The predicted octanol–water partition coefficient (Wildman–Crippen LogP) is 3.51. The monoisotopic (exact) mass is 309 g/mol. The molecule has 0 aromatic heterocycles. The summed E-state index contributed by atoms with van der Waals surface area (Å²) < 4.78 is 25.0. The topological polar surface area (TPSA) is 60.2 Å². The average Bonchev–Trinajstić information content (AvgIpc) is 2.33. The first-order valence-corrected chi connectivity index (χ1v) is 8.17. The van der Waals surface area contributed by atoms with Crippen LogP contribution in [0.15, 0.2) is 41.3 Å². The highest BCUT2D eigenvalue weighted by atomic mass is 35.5. The molecule has 0 saturated carbocycles. The summed E-state index contributed by atoms with van der Waals surface area (Å²) in [6.07, 6.45) is 0. The van der Waals surface area contributed by atoms with Crippen LogP contribution in [-0.2, 0) is 15.6 Å². The van der Waals surface area contributed by atoms with E-state index < -0.39 is 9.84 Å². The minimum atomic E-state index is -3.49. The molecule has 0 spiro atoms. The van der Waals surface area contributed by atoms with Crippen molar-refractivity contribution in [2.45, 2.75) is 24.5 Å². The van der Waals surface area contributed by atoms with E-state index in [1.165, 1.54) is 18.2 Å². The molecule has 0 aliphatic carbocycles. The lowest BCUT2D eigenvalue weighted by Crippen LogP contribution is -2.10. The number of benzene rings is 2. The fraction of sp³-hybridized carbons (Fsp3) is 0.200. The Morgan fingerprint density at radius 1 is 1.10 bits per heavy atom. The van der Waals surface area contributed by atoms with Crippen LogP contribution in [0.2, 0.25) is 5.02 Å². The van der Waals surface area contributed by atoms with Crippen molar-refractivity contribution in [2.75, 3.05) is 5.73 Å². The van der Waals surface area contributed by atoms with Crippen LogP contribution in [0.4, 0.5) is 5.69 Å². The maximum atomic E-state index is 12.5. The molecule has 2 aromatic rings. The molecule has 0 bridgehead atoms. The highest BCUT2D eigenvalue weighted by Crippen LogP contribution is 2.27. The number of sulfone groups is 1. The second kappa shape index (κ2) is 5.46. The van der Waals surface area contributed by atoms with Crippen LogP contribution in [0.25, 0.3) is 0 Å². The van der Waals surface area contributed by atoms with Gasteiger partial charge >= 0.3 is 0 Å². The van der Waals surface area contributed by atoms with Gasteiger partial charge in [-0.05, 0) is 48.7 Å². The van der Waals surface area contributed by atoms with Crippen LogP contribution < -0.4 is 5.73 Å². The SMILES string of the molecule is Cc1cccc(C)c1CS(=O)(=O)c1ccc(Cl)cc1N. The van der Waals surface area contributed by atoms with Gasteiger partial charge in [-0.2, -0.15) is 0 Å². The Balaban J connectivity index is 2.46. The van der Waals surface area contributed by atoms with Gasteiger partial charge in [0.15, 0.2) is 9.84 Å². The van der Waals surface area contributed by atoms with Crippen molar-refractivity contribution in [3.8, 4) is 0 Å². The quantitative estimate of drug-likeness (QED) is 0.883. The lowest BCUT2D eigenvalue weighted by atomic mass is 10.1. The van der Waals surface area contributed by atoms with Crippen molar-refractivity contribution in [1.82, 2.24) is 0 Å². The van der Waals surface area contributed by atoms with Gasteiger partial charge in [-0.15, -0.1) is 0 Å². The molecule has 106 valence electrons. The zero-order valence-corrected chi connectivity index (χ0v) is 12.9. The summed E-state index contributed by atoms with van der Waals surface area (Å²) in [5.41, 5.74) is 8.70. The molecule has 0 atom stereocenters. The van der Waals surface area contributed by atoms with Crippen LogP contribution >= 0.6 is 11.6 Å². The van der Waals surface area contributed by atoms with Crippen LogP contribution in [0, 0.1) is 13.8 Å². The van der Waals surface area contributed by atoms with Gasteiger partial charge < -0.3 is 5.73 Å². The molecular weight excluding hydrogens is 294 g/mol.